The standard InChI is InChI=1S/C10H9ClO2/c1-5-8-4-6(11)2-3-7(8)10(13)9(5)12/h2-5,9,12H,1H3. The third-order valence-electron chi connectivity index (χ3n) is 2.51. The highest BCUT2D eigenvalue weighted by atomic mass is 35.5. The molecule has 0 radical (unpaired) electrons. The number of carbonyl (C=O) groups is 1. The van der Waals surface area contributed by atoms with Crippen LogP contribution in [0, 0.1) is 0 Å². The maximum absolute atomic E-state index is 11.4. The maximum Gasteiger partial charge on any atom is 0.192 e. The van der Waals surface area contributed by atoms with Crippen molar-refractivity contribution >= 4 is 17.4 Å². The lowest BCUT2D eigenvalue weighted by Crippen LogP contribution is -2.17. The number of aliphatic hydroxyl groups excluding tert-OH is 1. The van der Waals surface area contributed by atoms with Crippen LogP contribution in [0.5, 0.6) is 0 Å². The lowest BCUT2D eigenvalue weighted by Gasteiger charge is -2.06. The molecule has 1 aliphatic carbocycles. The number of benzene rings is 1. The predicted octanol–water partition coefficient (Wildman–Crippen LogP) is 2.00. The second-order valence-electron chi connectivity index (χ2n) is 3.33. The highest BCUT2D eigenvalue weighted by molar-refractivity contribution is 6.30. The van der Waals surface area contributed by atoms with Crippen molar-refractivity contribution in [1.82, 2.24) is 0 Å². The van der Waals surface area contributed by atoms with Crippen LogP contribution in [0.15, 0.2) is 18.2 Å². The Hall–Kier alpha value is -0.860. The van der Waals surface area contributed by atoms with Gasteiger partial charge in [-0.1, -0.05) is 18.5 Å². The summed E-state index contributed by atoms with van der Waals surface area (Å²) in [5, 5.41) is 10.1. The Bertz CT molecular complexity index is 373. The summed E-state index contributed by atoms with van der Waals surface area (Å²) in [5.41, 5.74) is 1.45. The number of ketones is 1. The van der Waals surface area contributed by atoms with E-state index in [9.17, 15) is 9.90 Å². The van der Waals surface area contributed by atoms with Gasteiger partial charge in [-0.15, -0.1) is 0 Å². The molecule has 0 aromatic heterocycles. The monoisotopic (exact) mass is 196 g/mol. The Labute approximate surface area is 81.1 Å². The Morgan fingerprint density at radius 2 is 2.15 bits per heavy atom. The molecule has 0 amide bonds. The summed E-state index contributed by atoms with van der Waals surface area (Å²) in [6.07, 6.45) is -0.895. The molecule has 2 nitrogen and oxygen atoms in total. The van der Waals surface area contributed by atoms with Crippen molar-refractivity contribution in [3.05, 3.63) is 34.3 Å². The van der Waals surface area contributed by atoms with E-state index in [0.717, 1.165) is 5.56 Å². The highest BCUT2D eigenvalue weighted by Gasteiger charge is 2.35. The molecule has 2 unspecified atom stereocenters. The number of carbonyl (C=O) groups excluding carboxylic acids is 1. The summed E-state index contributed by atoms with van der Waals surface area (Å²) in [5.74, 6) is -0.333. The van der Waals surface area contributed by atoms with Gasteiger partial charge < -0.3 is 5.11 Å². The van der Waals surface area contributed by atoms with Gasteiger partial charge in [-0.25, -0.2) is 0 Å². The topological polar surface area (TPSA) is 37.3 Å². The first-order chi connectivity index (χ1) is 6.11. The van der Waals surface area contributed by atoms with Gasteiger partial charge in [0.25, 0.3) is 0 Å². The molecule has 0 heterocycles. The Morgan fingerprint density at radius 1 is 1.46 bits per heavy atom. The molecule has 3 heteroatoms. The summed E-state index contributed by atoms with van der Waals surface area (Å²) < 4.78 is 0. The lowest BCUT2D eigenvalue weighted by molar-refractivity contribution is 0.0743. The smallest absolute Gasteiger partial charge is 0.192 e. The summed E-state index contributed by atoms with van der Waals surface area (Å²) >= 11 is 5.79. The van der Waals surface area contributed by atoms with Crippen molar-refractivity contribution in [1.29, 1.82) is 0 Å². The molecule has 1 aromatic carbocycles. The van der Waals surface area contributed by atoms with Gasteiger partial charge in [-0.05, 0) is 23.8 Å². The van der Waals surface area contributed by atoms with Crippen LogP contribution in [-0.2, 0) is 0 Å². The second kappa shape index (κ2) is 2.82. The second-order valence-corrected chi connectivity index (χ2v) is 3.77. The number of hydrogen-bond donors (Lipinski definition) is 1. The van der Waals surface area contributed by atoms with E-state index in [0.29, 0.717) is 10.6 Å². The van der Waals surface area contributed by atoms with Gasteiger partial charge in [-0.2, -0.15) is 0 Å². The minimum absolute atomic E-state index is 0.138. The van der Waals surface area contributed by atoms with Crippen molar-refractivity contribution in [2.75, 3.05) is 0 Å². The van der Waals surface area contributed by atoms with Crippen LogP contribution in [-0.4, -0.2) is 17.0 Å². The third-order valence-corrected chi connectivity index (χ3v) is 2.75. The van der Waals surface area contributed by atoms with Gasteiger partial charge in [0.15, 0.2) is 5.78 Å². The molecule has 13 heavy (non-hydrogen) atoms. The molecular weight excluding hydrogens is 188 g/mol. The first-order valence-electron chi connectivity index (χ1n) is 4.13. The van der Waals surface area contributed by atoms with E-state index in [1.54, 1.807) is 18.2 Å². The Kier molecular flexibility index (Phi) is 1.90. The number of halogens is 1. The van der Waals surface area contributed by atoms with Crippen molar-refractivity contribution in [3.8, 4) is 0 Å². The van der Waals surface area contributed by atoms with Crippen molar-refractivity contribution in [2.45, 2.75) is 18.9 Å². The van der Waals surface area contributed by atoms with Gasteiger partial charge >= 0.3 is 0 Å². The average Bonchev–Trinajstić information content (AvgIpc) is 2.32. The summed E-state index contributed by atoms with van der Waals surface area (Å²) in [6.45, 7) is 1.82. The molecule has 1 aromatic rings. The first kappa shape index (κ1) is 8.73. The van der Waals surface area contributed by atoms with E-state index in [2.05, 4.69) is 0 Å². The molecule has 0 bridgehead atoms. The number of Topliss-reactive ketones (excluding diaryl/α,β-unsaturated/α-hetero) is 1. The van der Waals surface area contributed by atoms with Gasteiger partial charge in [0.1, 0.15) is 6.10 Å². The molecule has 1 N–H and O–H groups in total. The minimum Gasteiger partial charge on any atom is -0.384 e. The predicted molar refractivity (Wildman–Crippen MR) is 50.2 cm³/mol. The van der Waals surface area contributed by atoms with Crippen LogP contribution in [0.25, 0.3) is 0 Å². The molecular formula is C10H9ClO2. The van der Waals surface area contributed by atoms with Gasteiger partial charge in [0, 0.05) is 16.5 Å². The fraction of sp³-hybridized carbons (Fsp3) is 0.300. The van der Waals surface area contributed by atoms with Crippen LogP contribution in [0.2, 0.25) is 5.02 Å². The normalized spacial score (nSPS) is 26.2. The number of fused-ring (bicyclic) bond motifs is 1. The van der Waals surface area contributed by atoms with Gasteiger partial charge in [0.2, 0.25) is 0 Å². The first-order valence-corrected chi connectivity index (χ1v) is 4.51. The zero-order valence-electron chi connectivity index (χ0n) is 7.12. The zero-order chi connectivity index (χ0) is 9.59. The maximum atomic E-state index is 11.4. The van der Waals surface area contributed by atoms with E-state index in [1.165, 1.54) is 0 Å². The minimum atomic E-state index is -0.895. The van der Waals surface area contributed by atoms with Gasteiger partial charge in [-0.3, -0.25) is 4.79 Å². The molecule has 0 aliphatic heterocycles. The Balaban J connectivity index is 2.60. The largest absolute Gasteiger partial charge is 0.384 e. The molecule has 1 aliphatic rings. The SMILES string of the molecule is CC1c2cc(Cl)ccc2C(=O)C1O. The van der Waals surface area contributed by atoms with Crippen LogP contribution in [0.4, 0.5) is 0 Å². The summed E-state index contributed by atoms with van der Waals surface area (Å²) in [7, 11) is 0. The average molecular weight is 197 g/mol. The lowest BCUT2D eigenvalue weighted by atomic mass is 10.0. The fourth-order valence-electron chi connectivity index (χ4n) is 1.69. The highest BCUT2D eigenvalue weighted by Crippen LogP contribution is 2.34. The molecule has 2 rings (SSSR count). The fourth-order valence-corrected chi connectivity index (χ4v) is 1.87. The quantitative estimate of drug-likeness (QED) is 0.689. The van der Waals surface area contributed by atoms with Crippen LogP contribution in [0.3, 0.4) is 0 Å². The molecule has 0 saturated carbocycles. The van der Waals surface area contributed by atoms with Gasteiger partial charge in [0.05, 0.1) is 0 Å². The van der Waals surface area contributed by atoms with E-state index in [4.69, 9.17) is 11.6 Å². The van der Waals surface area contributed by atoms with E-state index < -0.39 is 6.10 Å². The van der Waals surface area contributed by atoms with E-state index in [-0.39, 0.29) is 11.7 Å². The van der Waals surface area contributed by atoms with E-state index in [1.807, 2.05) is 6.92 Å². The van der Waals surface area contributed by atoms with Crippen molar-refractivity contribution < 1.29 is 9.90 Å². The molecule has 2 atom stereocenters. The summed E-state index contributed by atoms with van der Waals surface area (Å²) in [6, 6.07) is 5.09. The molecule has 68 valence electrons. The van der Waals surface area contributed by atoms with Crippen molar-refractivity contribution in [3.63, 3.8) is 0 Å². The molecule has 0 saturated heterocycles. The molecule has 0 fully saturated rings. The third kappa shape index (κ3) is 1.18. The van der Waals surface area contributed by atoms with Crippen LogP contribution >= 0.6 is 11.6 Å². The van der Waals surface area contributed by atoms with E-state index >= 15 is 0 Å². The number of aliphatic hydroxyl groups is 1. The van der Waals surface area contributed by atoms with Crippen LogP contribution in [0.1, 0.15) is 28.8 Å². The van der Waals surface area contributed by atoms with Crippen molar-refractivity contribution in [2.24, 2.45) is 0 Å². The zero-order valence-corrected chi connectivity index (χ0v) is 7.88. The molecule has 0 spiro atoms. The Morgan fingerprint density at radius 3 is 2.85 bits per heavy atom. The van der Waals surface area contributed by atoms with Crippen LogP contribution < -0.4 is 0 Å². The number of rotatable bonds is 0. The summed E-state index contributed by atoms with van der Waals surface area (Å²) in [4.78, 5) is 11.4. The number of hydrogen-bond acceptors (Lipinski definition) is 2.